The first kappa shape index (κ1) is 24.0. The summed E-state index contributed by atoms with van der Waals surface area (Å²) in [6.45, 7) is 16.7. The molecule has 0 bridgehead atoms. The van der Waals surface area contributed by atoms with Crippen molar-refractivity contribution in [3.05, 3.63) is 72.8 Å². The summed E-state index contributed by atoms with van der Waals surface area (Å²) in [5.74, 6) is 0.883. The first-order chi connectivity index (χ1) is 14.7. The average Bonchev–Trinajstić information content (AvgIpc) is 3.06. The molecule has 1 fully saturated rings. The highest BCUT2D eigenvalue weighted by molar-refractivity contribution is 6.99. The predicted octanol–water partition coefficient (Wildman–Crippen LogP) is 5.55. The smallest absolute Gasteiger partial charge is 0.261 e. The molecule has 2 aromatic carbocycles. The topological polar surface area (TPSA) is 29.5 Å². The molecule has 2 nitrogen and oxygen atoms in total. The monoisotopic (exact) mass is 436 g/mol. The number of aliphatic hydroxyl groups is 1. The molecular weight excluding hydrogens is 396 g/mol. The van der Waals surface area contributed by atoms with Crippen molar-refractivity contribution in [2.75, 3.05) is 13.2 Å². The van der Waals surface area contributed by atoms with Crippen LogP contribution in [0.4, 0.5) is 0 Å². The Morgan fingerprint density at radius 1 is 1.06 bits per heavy atom. The minimum Gasteiger partial charge on any atom is -0.407 e. The van der Waals surface area contributed by atoms with Crippen molar-refractivity contribution in [1.29, 1.82) is 0 Å². The molecule has 2 aromatic rings. The van der Waals surface area contributed by atoms with Crippen molar-refractivity contribution in [1.82, 2.24) is 0 Å². The van der Waals surface area contributed by atoms with Gasteiger partial charge in [-0.1, -0.05) is 101 Å². The van der Waals surface area contributed by atoms with E-state index in [-0.39, 0.29) is 17.1 Å². The fraction of sp³-hybridized carbons (Fsp3) is 0.500. The quantitative estimate of drug-likeness (QED) is 0.434. The summed E-state index contributed by atoms with van der Waals surface area (Å²) in [5, 5.41) is 12.4. The Hall–Kier alpha value is -1.68. The second-order valence-electron chi connectivity index (χ2n) is 10.7. The molecule has 3 atom stereocenters. The van der Waals surface area contributed by atoms with Crippen LogP contribution in [0.1, 0.15) is 53.9 Å². The van der Waals surface area contributed by atoms with Gasteiger partial charge in [-0.3, -0.25) is 0 Å². The van der Waals surface area contributed by atoms with E-state index in [0.29, 0.717) is 18.4 Å². The van der Waals surface area contributed by atoms with Crippen LogP contribution in [-0.2, 0) is 4.43 Å². The van der Waals surface area contributed by atoms with Gasteiger partial charge in [0.1, 0.15) is 0 Å². The molecule has 0 amide bonds. The van der Waals surface area contributed by atoms with E-state index in [1.165, 1.54) is 15.9 Å². The molecule has 0 saturated heterocycles. The van der Waals surface area contributed by atoms with Gasteiger partial charge in [0.25, 0.3) is 8.32 Å². The molecule has 0 unspecified atom stereocenters. The predicted molar refractivity (Wildman–Crippen MR) is 134 cm³/mol. The van der Waals surface area contributed by atoms with Crippen LogP contribution in [0.5, 0.6) is 0 Å². The highest BCUT2D eigenvalue weighted by Gasteiger charge is 2.53. The van der Waals surface area contributed by atoms with Gasteiger partial charge in [-0.15, -0.1) is 0 Å². The molecule has 0 aliphatic heterocycles. The summed E-state index contributed by atoms with van der Waals surface area (Å²) in [6.07, 6.45) is 3.08. The van der Waals surface area contributed by atoms with Crippen LogP contribution in [-0.4, -0.2) is 26.6 Å². The van der Waals surface area contributed by atoms with Crippen LogP contribution in [0, 0.1) is 17.3 Å². The fourth-order valence-corrected chi connectivity index (χ4v) is 10.6. The average molecular weight is 437 g/mol. The van der Waals surface area contributed by atoms with Crippen molar-refractivity contribution in [2.24, 2.45) is 17.3 Å². The molecule has 0 heterocycles. The van der Waals surface area contributed by atoms with E-state index >= 15 is 0 Å². The Labute approximate surface area is 190 Å². The SMILES string of the molecule is C=C(C)[C@@H]1CC[C@](C)(CO[Si](c2ccccc2)(c2ccccc2)C(C)(C)C)[C@H]1CCO. The van der Waals surface area contributed by atoms with Crippen LogP contribution >= 0.6 is 0 Å². The molecule has 1 aliphatic rings. The van der Waals surface area contributed by atoms with Gasteiger partial charge in [0.05, 0.1) is 0 Å². The van der Waals surface area contributed by atoms with Gasteiger partial charge >= 0.3 is 0 Å². The lowest BCUT2D eigenvalue weighted by Gasteiger charge is -2.46. The summed E-state index contributed by atoms with van der Waals surface area (Å²) >= 11 is 0. The Kier molecular flexibility index (Phi) is 7.30. The molecular formula is C28H40O2Si. The van der Waals surface area contributed by atoms with Crippen LogP contribution in [0.25, 0.3) is 0 Å². The molecule has 1 saturated carbocycles. The second-order valence-corrected chi connectivity index (χ2v) is 15.0. The maximum atomic E-state index is 9.81. The number of aliphatic hydroxyl groups excluding tert-OH is 1. The lowest BCUT2D eigenvalue weighted by molar-refractivity contribution is 0.0833. The molecule has 3 heteroatoms. The van der Waals surface area contributed by atoms with E-state index in [1.54, 1.807) is 0 Å². The van der Waals surface area contributed by atoms with Gasteiger partial charge in [0, 0.05) is 13.2 Å². The number of allylic oxidation sites excluding steroid dienone is 1. The van der Waals surface area contributed by atoms with Crippen molar-refractivity contribution in [2.45, 2.75) is 58.9 Å². The van der Waals surface area contributed by atoms with E-state index in [4.69, 9.17) is 4.43 Å². The lowest BCUT2D eigenvalue weighted by Crippen LogP contribution is -2.67. The molecule has 1 N–H and O–H groups in total. The lowest BCUT2D eigenvalue weighted by atomic mass is 9.74. The van der Waals surface area contributed by atoms with Crippen molar-refractivity contribution in [3.8, 4) is 0 Å². The highest BCUT2D eigenvalue weighted by Crippen LogP contribution is 2.52. The Morgan fingerprint density at radius 2 is 1.58 bits per heavy atom. The third-order valence-electron chi connectivity index (χ3n) is 7.52. The number of rotatable bonds is 8. The Bertz CT molecular complexity index is 816. The molecule has 168 valence electrons. The van der Waals surface area contributed by atoms with Crippen molar-refractivity contribution < 1.29 is 9.53 Å². The van der Waals surface area contributed by atoms with Crippen molar-refractivity contribution in [3.63, 3.8) is 0 Å². The largest absolute Gasteiger partial charge is 0.407 e. The molecule has 0 radical (unpaired) electrons. The number of hydrogen-bond donors (Lipinski definition) is 1. The molecule has 1 aliphatic carbocycles. The number of benzene rings is 2. The van der Waals surface area contributed by atoms with Gasteiger partial charge in [0.15, 0.2) is 0 Å². The van der Waals surface area contributed by atoms with E-state index in [0.717, 1.165) is 19.3 Å². The van der Waals surface area contributed by atoms with Gasteiger partial charge in [-0.25, -0.2) is 0 Å². The van der Waals surface area contributed by atoms with E-state index in [2.05, 4.69) is 102 Å². The van der Waals surface area contributed by atoms with Gasteiger partial charge in [0.2, 0.25) is 0 Å². The zero-order valence-electron chi connectivity index (χ0n) is 20.0. The molecule has 0 spiro atoms. The number of hydrogen-bond acceptors (Lipinski definition) is 2. The normalized spacial score (nSPS) is 24.3. The first-order valence-corrected chi connectivity index (χ1v) is 13.6. The standard InChI is InChI=1S/C28H40O2Si/c1-22(2)25-17-19-28(6,26(25)18-20-29)21-30-31(27(3,4)5,23-13-9-7-10-14-23)24-15-11-8-12-16-24/h7-16,25-26,29H,1,17-21H2,2-6H3/t25-,26-,28+/m0/s1. The zero-order valence-corrected chi connectivity index (χ0v) is 21.0. The third-order valence-corrected chi connectivity index (χ3v) is 12.5. The molecule has 0 aromatic heterocycles. The van der Waals surface area contributed by atoms with Gasteiger partial charge < -0.3 is 9.53 Å². The van der Waals surface area contributed by atoms with Crippen LogP contribution in [0.3, 0.4) is 0 Å². The summed E-state index contributed by atoms with van der Waals surface area (Å²) in [4.78, 5) is 0. The summed E-state index contributed by atoms with van der Waals surface area (Å²) in [5.41, 5.74) is 1.28. The maximum absolute atomic E-state index is 9.81. The molecule has 3 rings (SSSR count). The summed E-state index contributed by atoms with van der Waals surface area (Å²) in [6, 6.07) is 21.7. The fourth-order valence-electron chi connectivity index (χ4n) is 5.85. The van der Waals surface area contributed by atoms with Crippen LogP contribution in [0.15, 0.2) is 72.8 Å². The maximum Gasteiger partial charge on any atom is 0.261 e. The first-order valence-electron chi connectivity index (χ1n) is 11.7. The zero-order chi connectivity index (χ0) is 22.7. The summed E-state index contributed by atoms with van der Waals surface area (Å²) in [7, 11) is -2.55. The van der Waals surface area contributed by atoms with Crippen LogP contribution in [0.2, 0.25) is 5.04 Å². The van der Waals surface area contributed by atoms with E-state index < -0.39 is 8.32 Å². The summed E-state index contributed by atoms with van der Waals surface area (Å²) < 4.78 is 7.29. The van der Waals surface area contributed by atoms with E-state index in [9.17, 15) is 5.11 Å². The second kappa shape index (κ2) is 9.44. The minimum atomic E-state index is -2.55. The van der Waals surface area contributed by atoms with E-state index in [1.807, 2.05) is 0 Å². The van der Waals surface area contributed by atoms with Crippen molar-refractivity contribution >= 4 is 18.7 Å². The van der Waals surface area contributed by atoms with Gasteiger partial charge in [-0.2, -0.15) is 0 Å². The van der Waals surface area contributed by atoms with Gasteiger partial charge in [-0.05, 0) is 58.8 Å². The molecule has 31 heavy (non-hydrogen) atoms. The highest BCUT2D eigenvalue weighted by atomic mass is 28.4. The Balaban J connectivity index is 2.05. The Morgan fingerprint density at radius 3 is 2.00 bits per heavy atom. The third kappa shape index (κ3) is 4.60. The van der Waals surface area contributed by atoms with Crippen LogP contribution < -0.4 is 10.4 Å². The minimum absolute atomic E-state index is 0.0229.